The third kappa shape index (κ3) is 6.25. The molecule has 0 heterocycles. The molecule has 2 rings (SSSR count). The predicted octanol–water partition coefficient (Wildman–Crippen LogP) is 4.87. The number of hydrogen-bond donors (Lipinski definition) is 1. The van der Waals surface area contributed by atoms with E-state index in [0.29, 0.717) is 10.0 Å². The summed E-state index contributed by atoms with van der Waals surface area (Å²) in [4.78, 5) is 27.3. The summed E-state index contributed by atoms with van der Waals surface area (Å²) in [7, 11) is 0. The van der Waals surface area contributed by atoms with Crippen LogP contribution in [-0.2, 0) is 22.6 Å². The van der Waals surface area contributed by atoms with Crippen LogP contribution in [0.4, 0.5) is 0 Å². The van der Waals surface area contributed by atoms with E-state index in [2.05, 4.69) is 5.32 Å². The second kappa shape index (κ2) is 10.5. The second-order valence-corrected chi connectivity index (χ2v) is 7.76. The zero-order valence-corrected chi connectivity index (χ0v) is 17.9. The summed E-state index contributed by atoms with van der Waals surface area (Å²) in [6.45, 7) is 5.92. The van der Waals surface area contributed by atoms with Gasteiger partial charge < -0.3 is 10.2 Å². The highest BCUT2D eigenvalue weighted by Crippen LogP contribution is 2.23. The first-order chi connectivity index (χ1) is 13.3. The average Bonchev–Trinajstić information content (AvgIpc) is 2.67. The molecule has 0 aromatic heterocycles. The molecular weight excluding hydrogens is 395 g/mol. The normalized spacial score (nSPS) is 12.9. The fraction of sp³-hybridized carbons (Fsp3) is 0.364. The highest BCUT2D eigenvalue weighted by Gasteiger charge is 2.27. The topological polar surface area (TPSA) is 49.4 Å². The number of hydrogen-bond acceptors (Lipinski definition) is 2. The molecule has 2 aromatic carbocycles. The summed E-state index contributed by atoms with van der Waals surface area (Å²) in [5.41, 5.74) is 1.64. The molecule has 2 atom stereocenters. The monoisotopic (exact) mass is 420 g/mol. The summed E-state index contributed by atoms with van der Waals surface area (Å²) in [6, 6.07) is 14.1. The molecule has 4 nitrogen and oxygen atoms in total. The Labute approximate surface area is 176 Å². The third-order valence-electron chi connectivity index (χ3n) is 4.72. The van der Waals surface area contributed by atoms with E-state index in [4.69, 9.17) is 23.2 Å². The maximum atomic E-state index is 13.1. The van der Waals surface area contributed by atoms with Crippen molar-refractivity contribution in [1.29, 1.82) is 0 Å². The maximum Gasteiger partial charge on any atom is 0.242 e. The number of carbonyl (C=O) groups is 2. The molecule has 0 unspecified atom stereocenters. The average molecular weight is 421 g/mol. The maximum absolute atomic E-state index is 13.1. The van der Waals surface area contributed by atoms with Crippen LogP contribution in [0.3, 0.4) is 0 Å². The molecule has 0 spiro atoms. The first-order valence-electron chi connectivity index (χ1n) is 9.39. The van der Waals surface area contributed by atoms with E-state index < -0.39 is 6.04 Å². The van der Waals surface area contributed by atoms with E-state index in [1.165, 1.54) is 0 Å². The number of nitrogens with one attached hydrogen (secondary N) is 1. The Balaban J connectivity index is 2.25. The summed E-state index contributed by atoms with van der Waals surface area (Å²) >= 11 is 12.3. The number of nitrogens with zero attached hydrogens (tertiary/aromatic N) is 1. The number of benzene rings is 2. The Kier molecular flexibility index (Phi) is 8.34. The lowest BCUT2D eigenvalue weighted by Crippen LogP contribution is -2.49. The van der Waals surface area contributed by atoms with Crippen LogP contribution in [0, 0.1) is 0 Å². The fourth-order valence-corrected chi connectivity index (χ4v) is 3.22. The standard InChI is InChI=1S/C22H26Cl2N2O2/c1-4-15(2)25-22(28)16(3)26(14-18-10-11-19(23)13-20(18)24)21(27)12-17-8-6-5-7-9-17/h5-11,13,15-16H,4,12,14H2,1-3H3,(H,25,28)/t15-,16+/m1/s1. The van der Waals surface area contributed by atoms with Crippen LogP contribution in [0.1, 0.15) is 38.3 Å². The summed E-state index contributed by atoms with van der Waals surface area (Å²) in [5.74, 6) is -0.315. The molecule has 0 saturated heterocycles. The molecule has 0 radical (unpaired) electrons. The Morgan fingerprint density at radius 3 is 2.36 bits per heavy atom. The van der Waals surface area contributed by atoms with Gasteiger partial charge in [-0.05, 0) is 43.5 Å². The van der Waals surface area contributed by atoms with Crippen molar-refractivity contribution in [3.05, 3.63) is 69.7 Å². The predicted molar refractivity (Wildman–Crippen MR) is 115 cm³/mol. The summed E-state index contributed by atoms with van der Waals surface area (Å²) < 4.78 is 0. The molecule has 0 aliphatic carbocycles. The molecule has 0 bridgehead atoms. The van der Waals surface area contributed by atoms with Gasteiger partial charge in [0, 0.05) is 22.6 Å². The van der Waals surface area contributed by atoms with Crippen LogP contribution in [0.25, 0.3) is 0 Å². The molecular formula is C22H26Cl2N2O2. The van der Waals surface area contributed by atoms with Crippen molar-refractivity contribution in [3.63, 3.8) is 0 Å². The number of rotatable bonds is 8. The number of halogens is 2. The van der Waals surface area contributed by atoms with Crippen molar-refractivity contribution >= 4 is 35.0 Å². The van der Waals surface area contributed by atoms with E-state index in [-0.39, 0.29) is 30.8 Å². The molecule has 28 heavy (non-hydrogen) atoms. The van der Waals surface area contributed by atoms with Crippen LogP contribution in [0.2, 0.25) is 10.0 Å². The van der Waals surface area contributed by atoms with Crippen LogP contribution < -0.4 is 5.32 Å². The Morgan fingerprint density at radius 1 is 1.07 bits per heavy atom. The molecule has 6 heteroatoms. The first kappa shape index (κ1) is 22.3. The van der Waals surface area contributed by atoms with Crippen LogP contribution in [0.15, 0.2) is 48.5 Å². The highest BCUT2D eigenvalue weighted by molar-refractivity contribution is 6.35. The van der Waals surface area contributed by atoms with E-state index in [0.717, 1.165) is 17.5 Å². The van der Waals surface area contributed by atoms with Gasteiger partial charge >= 0.3 is 0 Å². The Morgan fingerprint density at radius 2 is 1.75 bits per heavy atom. The minimum Gasteiger partial charge on any atom is -0.352 e. The summed E-state index contributed by atoms with van der Waals surface area (Å²) in [5, 5.41) is 3.95. The van der Waals surface area contributed by atoms with Gasteiger partial charge in [0.2, 0.25) is 11.8 Å². The Bertz CT molecular complexity index is 811. The second-order valence-electron chi connectivity index (χ2n) is 6.91. The van der Waals surface area contributed by atoms with E-state index in [1.54, 1.807) is 30.0 Å². The van der Waals surface area contributed by atoms with E-state index in [9.17, 15) is 9.59 Å². The van der Waals surface area contributed by atoms with Gasteiger partial charge in [0.25, 0.3) is 0 Å². The van der Waals surface area contributed by atoms with Crippen molar-refractivity contribution in [2.75, 3.05) is 0 Å². The smallest absolute Gasteiger partial charge is 0.242 e. The van der Waals surface area contributed by atoms with Crippen molar-refractivity contribution in [1.82, 2.24) is 10.2 Å². The lowest BCUT2D eigenvalue weighted by atomic mass is 10.1. The SMILES string of the molecule is CC[C@@H](C)NC(=O)[C@H](C)N(Cc1ccc(Cl)cc1Cl)C(=O)Cc1ccccc1. The molecule has 0 saturated carbocycles. The van der Waals surface area contributed by atoms with Crippen LogP contribution in [0.5, 0.6) is 0 Å². The van der Waals surface area contributed by atoms with Crippen molar-refractivity contribution in [3.8, 4) is 0 Å². The molecule has 1 N–H and O–H groups in total. The Hall–Kier alpha value is -2.04. The third-order valence-corrected chi connectivity index (χ3v) is 5.31. The van der Waals surface area contributed by atoms with Crippen molar-refractivity contribution < 1.29 is 9.59 Å². The molecule has 0 aliphatic rings. The van der Waals surface area contributed by atoms with Gasteiger partial charge in [0.15, 0.2) is 0 Å². The molecule has 2 aromatic rings. The van der Waals surface area contributed by atoms with Gasteiger partial charge in [0.05, 0.1) is 6.42 Å². The minimum absolute atomic E-state index is 0.0418. The molecule has 0 aliphatic heterocycles. The van der Waals surface area contributed by atoms with E-state index in [1.807, 2.05) is 44.2 Å². The largest absolute Gasteiger partial charge is 0.352 e. The fourth-order valence-electron chi connectivity index (χ4n) is 2.75. The zero-order valence-electron chi connectivity index (χ0n) is 16.4. The number of carbonyl (C=O) groups excluding carboxylic acids is 2. The van der Waals surface area contributed by atoms with Gasteiger partial charge in [-0.3, -0.25) is 9.59 Å². The lowest BCUT2D eigenvalue weighted by molar-refractivity contribution is -0.140. The minimum atomic E-state index is -0.628. The van der Waals surface area contributed by atoms with Crippen LogP contribution in [-0.4, -0.2) is 28.8 Å². The zero-order chi connectivity index (χ0) is 20.7. The van der Waals surface area contributed by atoms with Gasteiger partial charge in [0.1, 0.15) is 6.04 Å². The molecule has 0 fully saturated rings. The van der Waals surface area contributed by atoms with Gasteiger partial charge in [-0.15, -0.1) is 0 Å². The van der Waals surface area contributed by atoms with Crippen molar-refractivity contribution in [2.45, 2.75) is 52.2 Å². The van der Waals surface area contributed by atoms with Gasteiger partial charge in [-0.1, -0.05) is 66.5 Å². The molecule has 150 valence electrons. The number of amides is 2. The van der Waals surface area contributed by atoms with E-state index >= 15 is 0 Å². The van der Waals surface area contributed by atoms with Crippen molar-refractivity contribution in [2.24, 2.45) is 0 Å². The quantitative estimate of drug-likeness (QED) is 0.661. The molecule has 2 amide bonds. The lowest BCUT2D eigenvalue weighted by Gasteiger charge is -2.30. The summed E-state index contributed by atoms with van der Waals surface area (Å²) in [6.07, 6.45) is 1.03. The highest BCUT2D eigenvalue weighted by atomic mass is 35.5. The van der Waals surface area contributed by atoms with Gasteiger partial charge in [-0.2, -0.15) is 0 Å². The van der Waals surface area contributed by atoms with Crippen LogP contribution >= 0.6 is 23.2 Å². The first-order valence-corrected chi connectivity index (χ1v) is 10.1. The van der Waals surface area contributed by atoms with Gasteiger partial charge in [-0.25, -0.2) is 0 Å².